The predicted octanol–water partition coefficient (Wildman–Crippen LogP) is 2.62. The summed E-state index contributed by atoms with van der Waals surface area (Å²) in [6.45, 7) is 2.97. The molecule has 2 aromatic rings. The van der Waals surface area contributed by atoms with Gasteiger partial charge >= 0.3 is 6.09 Å². The molecule has 2 heterocycles. The van der Waals surface area contributed by atoms with Gasteiger partial charge in [-0.25, -0.2) is 13.2 Å². The topological polar surface area (TPSA) is 131 Å². The van der Waals surface area contributed by atoms with Crippen LogP contribution >= 0.6 is 23.1 Å². The number of sulfonamides is 1. The molecule has 1 aromatic heterocycles. The maximum Gasteiger partial charge on any atom is 0.413 e. The van der Waals surface area contributed by atoms with Gasteiger partial charge in [0.25, 0.3) is 0 Å². The Morgan fingerprint density at radius 1 is 1.23 bits per heavy atom. The van der Waals surface area contributed by atoms with E-state index < -0.39 is 16.1 Å². The van der Waals surface area contributed by atoms with Crippen LogP contribution in [0.1, 0.15) is 19.8 Å². The highest BCUT2D eigenvalue weighted by atomic mass is 32.2. The van der Waals surface area contributed by atoms with Gasteiger partial charge in [-0.15, -0.1) is 10.2 Å². The molecule has 13 heteroatoms. The summed E-state index contributed by atoms with van der Waals surface area (Å²) in [7, 11) is -3.55. The average Bonchev–Trinajstić information content (AvgIpc) is 3.39. The zero-order valence-corrected chi connectivity index (χ0v) is 18.6. The van der Waals surface area contributed by atoms with E-state index in [1.54, 1.807) is 19.1 Å². The van der Waals surface area contributed by atoms with Crippen LogP contribution in [0.4, 0.5) is 15.6 Å². The van der Waals surface area contributed by atoms with E-state index >= 15 is 0 Å². The van der Waals surface area contributed by atoms with E-state index in [0.29, 0.717) is 23.1 Å². The number of hydrogen-bond acceptors (Lipinski definition) is 9. The predicted molar refractivity (Wildman–Crippen MR) is 114 cm³/mol. The summed E-state index contributed by atoms with van der Waals surface area (Å²) in [6.07, 6.45) is 1.09. The van der Waals surface area contributed by atoms with E-state index in [0.717, 1.165) is 35.9 Å². The fraction of sp³-hybridized carbons (Fsp3) is 0.412. The lowest BCUT2D eigenvalue weighted by Crippen LogP contribution is -2.28. The minimum absolute atomic E-state index is 0.0527. The third-order valence-electron chi connectivity index (χ3n) is 4.04. The highest BCUT2D eigenvalue weighted by molar-refractivity contribution is 8.01. The Hall–Kier alpha value is -2.22. The van der Waals surface area contributed by atoms with Crippen molar-refractivity contribution in [3.63, 3.8) is 0 Å². The van der Waals surface area contributed by atoms with Crippen molar-refractivity contribution in [3.05, 3.63) is 24.3 Å². The molecular weight excluding hydrogens is 450 g/mol. The van der Waals surface area contributed by atoms with E-state index in [9.17, 15) is 18.0 Å². The van der Waals surface area contributed by atoms with Crippen molar-refractivity contribution in [2.75, 3.05) is 36.1 Å². The molecule has 0 atom stereocenters. The van der Waals surface area contributed by atoms with Crippen LogP contribution in [0.25, 0.3) is 0 Å². The summed E-state index contributed by atoms with van der Waals surface area (Å²) in [4.78, 5) is 23.8. The summed E-state index contributed by atoms with van der Waals surface area (Å²) in [5, 5.41) is 13.1. The third kappa shape index (κ3) is 5.90. The Morgan fingerprint density at radius 3 is 2.73 bits per heavy atom. The molecular formula is C17H21N5O5S3. The number of carbonyl (C=O) groups is 2. The third-order valence-corrected chi connectivity index (χ3v) is 7.90. The molecule has 0 aliphatic carbocycles. The Labute approximate surface area is 182 Å². The summed E-state index contributed by atoms with van der Waals surface area (Å²) >= 11 is 2.27. The number of rotatable bonds is 8. The second-order valence-corrected chi connectivity index (χ2v) is 10.3. The summed E-state index contributed by atoms with van der Waals surface area (Å²) in [5.74, 6) is -0.261. The Bertz CT molecular complexity index is 1000. The molecule has 0 bridgehead atoms. The smallest absolute Gasteiger partial charge is 0.413 e. The highest BCUT2D eigenvalue weighted by Crippen LogP contribution is 2.26. The fourth-order valence-corrected chi connectivity index (χ4v) is 5.81. The van der Waals surface area contributed by atoms with Gasteiger partial charge in [-0.2, -0.15) is 4.31 Å². The maximum absolute atomic E-state index is 12.7. The molecule has 10 nitrogen and oxygen atoms in total. The number of benzene rings is 1. The zero-order chi connectivity index (χ0) is 21.6. The van der Waals surface area contributed by atoms with Crippen molar-refractivity contribution < 1.29 is 22.7 Å². The van der Waals surface area contributed by atoms with Gasteiger partial charge in [-0.05, 0) is 38.0 Å². The number of nitrogens with one attached hydrogen (secondary N) is 2. The molecule has 0 unspecified atom stereocenters. The maximum atomic E-state index is 12.7. The Morgan fingerprint density at radius 2 is 2.00 bits per heavy atom. The van der Waals surface area contributed by atoms with Gasteiger partial charge in [0.1, 0.15) is 0 Å². The van der Waals surface area contributed by atoms with Crippen LogP contribution in [0.5, 0.6) is 0 Å². The SMILES string of the molecule is CCOC(=O)Nc1nnc(SCC(=O)Nc2cccc(S(=O)(=O)N3CCCC3)c2)s1. The van der Waals surface area contributed by atoms with Gasteiger partial charge in [-0.1, -0.05) is 29.2 Å². The first-order chi connectivity index (χ1) is 14.4. The Kier molecular flexibility index (Phi) is 7.64. The molecule has 1 aliphatic rings. The number of anilines is 2. The molecule has 2 N–H and O–H groups in total. The van der Waals surface area contributed by atoms with Crippen molar-refractivity contribution in [1.82, 2.24) is 14.5 Å². The van der Waals surface area contributed by atoms with E-state index in [4.69, 9.17) is 4.74 Å². The molecule has 1 aliphatic heterocycles. The molecule has 30 heavy (non-hydrogen) atoms. The minimum Gasteiger partial charge on any atom is -0.450 e. The first-order valence-electron chi connectivity index (χ1n) is 9.18. The van der Waals surface area contributed by atoms with Crippen LogP contribution in [0.2, 0.25) is 0 Å². The first-order valence-corrected chi connectivity index (χ1v) is 12.4. The van der Waals surface area contributed by atoms with E-state index in [1.807, 2.05) is 0 Å². The summed E-state index contributed by atoms with van der Waals surface area (Å²) in [6, 6.07) is 6.22. The molecule has 0 spiro atoms. The van der Waals surface area contributed by atoms with Crippen molar-refractivity contribution in [2.24, 2.45) is 0 Å². The Balaban J connectivity index is 1.54. The van der Waals surface area contributed by atoms with E-state index in [-0.39, 0.29) is 28.3 Å². The van der Waals surface area contributed by atoms with Crippen LogP contribution in [0.15, 0.2) is 33.5 Å². The van der Waals surface area contributed by atoms with Crippen molar-refractivity contribution in [2.45, 2.75) is 29.0 Å². The first kappa shape index (κ1) is 22.5. The van der Waals surface area contributed by atoms with Crippen LogP contribution in [0, 0.1) is 0 Å². The molecule has 1 aromatic carbocycles. The van der Waals surface area contributed by atoms with Crippen LogP contribution in [-0.2, 0) is 19.6 Å². The molecule has 0 radical (unpaired) electrons. The monoisotopic (exact) mass is 471 g/mol. The van der Waals surface area contributed by atoms with E-state index in [1.165, 1.54) is 16.4 Å². The molecule has 3 rings (SSSR count). The van der Waals surface area contributed by atoms with E-state index in [2.05, 4.69) is 20.8 Å². The largest absolute Gasteiger partial charge is 0.450 e. The number of aromatic nitrogens is 2. The average molecular weight is 472 g/mol. The lowest BCUT2D eigenvalue weighted by molar-refractivity contribution is -0.113. The van der Waals surface area contributed by atoms with Gasteiger partial charge in [-0.3, -0.25) is 10.1 Å². The number of thioether (sulfide) groups is 1. The van der Waals surface area contributed by atoms with Crippen LogP contribution in [-0.4, -0.2) is 60.4 Å². The minimum atomic E-state index is -3.55. The van der Waals surface area contributed by atoms with Gasteiger partial charge in [0, 0.05) is 18.8 Å². The quantitative estimate of drug-likeness (QED) is 0.444. The lowest BCUT2D eigenvalue weighted by Gasteiger charge is -2.16. The molecule has 1 fully saturated rings. The summed E-state index contributed by atoms with van der Waals surface area (Å²) in [5.41, 5.74) is 0.405. The number of nitrogens with zero attached hydrogens (tertiary/aromatic N) is 3. The normalized spacial score (nSPS) is 14.4. The van der Waals surface area contributed by atoms with Gasteiger partial charge in [0.15, 0.2) is 4.34 Å². The van der Waals surface area contributed by atoms with Crippen molar-refractivity contribution in [1.29, 1.82) is 0 Å². The fourth-order valence-electron chi connectivity index (χ4n) is 2.71. The van der Waals surface area contributed by atoms with Crippen molar-refractivity contribution >= 4 is 55.9 Å². The van der Waals surface area contributed by atoms with Crippen LogP contribution in [0.3, 0.4) is 0 Å². The lowest BCUT2D eigenvalue weighted by atomic mass is 10.3. The second kappa shape index (κ2) is 10.2. The molecule has 2 amide bonds. The standard InChI is InChI=1S/C17H21N5O5S3/c1-2-27-16(24)19-15-20-21-17(29-15)28-11-14(23)18-12-6-5-7-13(10-12)30(25,26)22-8-3-4-9-22/h5-7,10H,2-4,8-9,11H2,1H3,(H,18,23)(H,19,20,24). The van der Waals surface area contributed by atoms with Crippen molar-refractivity contribution in [3.8, 4) is 0 Å². The van der Waals surface area contributed by atoms with Gasteiger partial charge in [0.05, 0.1) is 17.3 Å². The molecule has 162 valence electrons. The number of carbonyl (C=O) groups excluding carboxylic acids is 2. The second-order valence-electron chi connectivity index (χ2n) is 6.19. The number of ether oxygens (including phenoxy) is 1. The van der Waals surface area contributed by atoms with Gasteiger partial charge in [0.2, 0.25) is 21.1 Å². The number of amides is 2. The zero-order valence-electron chi connectivity index (χ0n) is 16.2. The molecule has 1 saturated heterocycles. The number of hydrogen-bond donors (Lipinski definition) is 2. The van der Waals surface area contributed by atoms with Gasteiger partial charge < -0.3 is 10.1 Å². The van der Waals surface area contributed by atoms with Crippen LogP contribution < -0.4 is 10.6 Å². The highest BCUT2D eigenvalue weighted by Gasteiger charge is 2.27. The molecule has 0 saturated carbocycles. The summed E-state index contributed by atoms with van der Waals surface area (Å²) < 4.78 is 32.0.